The zero-order valence-corrected chi connectivity index (χ0v) is 4.93. The lowest BCUT2D eigenvalue weighted by molar-refractivity contribution is 0.524. The van der Waals surface area contributed by atoms with Gasteiger partial charge in [-0.25, -0.2) is 4.39 Å². The molecule has 0 aliphatic carbocycles. The van der Waals surface area contributed by atoms with E-state index < -0.39 is 10.9 Å². The Labute approximate surface area is 49.1 Å². The van der Waals surface area contributed by atoms with Gasteiger partial charge in [0, 0.05) is 0 Å². The Kier molecular flexibility index (Phi) is 1.25. The quantitative estimate of drug-likeness (QED) is 0.528. The van der Waals surface area contributed by atoms with Gasteiger partial charge in [-0.3, -0.25) is 0 Å². The molecule has 0 aliphatic heterocycles. The summed E-state index contributed by atoms with van der Waals surface area (Å²) in [6.07, 6.45) is 0. The summed E-state index contributed by atoms with van der Waals surface area (Å²) in [4.78, 5) is 0. The first-order valence-electron chi connectivity index (χ1n) is 1.99. The lowest BCUT2D eigenvalue weighted by atomic mass is 10.5. The first kappa shape index (κ1) is 5.62. The van der Waals surface area contributed by atoms with Crippen molar-refractivity contribution >= 4 is 11.5 Å². The largest absolute Gasteiger partial charge is 0.231 e. The molecule has 0 N–H and O–H groups in total. The zero-order valence-electron chi connectivity index (χ0n) is 4.11. The van der Waals surface area contributed by atoms with E-state index in [0.717, 1.165) is 0 Å². The van der Waals surface area contributed by atoms with Crippen LogP contribution in [-0.2, 0) is 0 Å². The van der Waals surface area contributed by atoms with Gasteiger partial charge < -0.3 is 0 Å². The van der Waals surface area contributed by atoms with Gasteiger partial charge in [0.05, 0.1) is 5.69 Å². The van der Waals surface area contributed by atoms with Crippen LogP contribution in [0.2, 0.25) is 0 Å². The van der Waals surface area contributed by atoms with E-state index in [1.165, 1.54) is 6.92 Å². The van der Waals surface area contributed by atoms with E-state index in [1.807, 2.05) is 0 Å². The fourth-order valence-electron chi connectivity index (χ4n) is 0.331. The Bertz CT molecular complexity index is 176. The number of hydrogen-bond acceptors (Lipinski definition) is 2. The van der Waals surface area contributed by atoms with Gasteiger partial charge in [0.15, 0.2) is 5.82 Å². The molecule has 8 heavy (non-hydrogen) atoms. The average Bonchev–Trinajstić information content (AvgIpc) is 1.98. The second-order valence-electron chi connectivity index (χ2n) is 1.36. The smallest absolute Gasteiger partial charge is 0.201 e. The van der Waals surface area contributed by atoms with Crippen molar-refractivity contribution in [3.63, 3.8) is 0 Å². The highest BCUT2D eigenvalue weighted by Crippen LogP contribution is 2.12. The molecule has 0 saturated carbocycles. The van der Waals surface area contributed by atoms with Crippen molar-refractivity contribution in [3.8, 4) is 0 Å². The van der Waals surface area contributed by atoms with Crippen molar-refractivity contribution < 1.29 is 8.78 Å². The Morgan fingerprint density at radius 3 is 2.25 bits per heavy atom. The van der Waals surface area contributed by atoms with Crippen LogP contribution in [0.1, 0.15) is 5.69 Å². The predicted molar refractivity (Wildman–Crippen MR) is 26.8 cm³/mol. The fraction of sp³-hybridized carbons (Fsp3) is 0.250. The third-order valence-corrected chi connectivity index (χ3v) is 1.46. The van der Waals surface area contributed by atoms with Gasteiger partial charge >= 0.3 is 0 Å². The minimum absolute atomic E-state index is 0.132. The van der Waals surface area contributed by atoms with Crippen molar-refractivity contribution in [2.45, 2.75) is 6.92 Å². The van der Waals surface area contributed by atoms with E-state index >= 15 is 0 Å². The van der Waals surface area contributed by atoms with Crippen LogP contribution >= 0.6 is 11.5 Å². The third-order valence-electron chi connectivity index (χ3n) is 0.753. The molecule has 1 nitrogen and oxygen atoms in total. The van der Waals surface area contributed by atoms with E-state index in [0.29, 0.717) is 11.5 Å². The van der Waals surface area contributed by atoms with Crippen molar-refractivity contribution in [1.82, 2.24) is 4.37 Å². The Morgan fingerprint density at radius 2 is 2.12 bits per heavy atom. The second kappa shape index (κ2) is 1.78. The third kappa shape index (κ3) is 0.709. The van der Waals surface area contributed by atoms with E-state index in [4.69, 9.17) is 0 Å². The van der Waals surface area contributed by atoms with Crippen molar-refractivity contribution in [3.05, 3.63) is 16.6 Å². The Balaban J connectivity index is 3.19. The van der Waals surface area contributed by atoms with Crippen molar-refractivity contribution in [2.24, 2.45) is 0 Å². The maximum absolute atomic E-state index is 12.1. The summed E-state index contributed by atoms with van der Waals surface area (Å²) in [6, 6.07) is 0. The molecule has 0 amide bonds. The Hall–Kier alpha value is -0.510. The minimum Gasteiger partial charge on any atom is -0.201 e. The fourth-order valence-corrected chi connectivity index (χ4v) is 0.856. The zero-order chi connectivity index (χ0) is 6.15. The first-order chi connectivity index (χ1) is 3.72. The average molecular weight is 135 g/mol. The van der Waals surface area contributed by atoms with E-state index in [-0.39, 0.29) is 5.69 Å². The van der Waals surface area contributed by atoms with Crippen molar-refractivity contribution in [1.29, 1.82) is 0 Å². The molecule has 0 fully saturated rings. The molecule has 0 aromatic carbocycles. The van der Waals surface area contributed by atoms with Crippen LogP contribution in [0.4, 0.5) is 8.78 Å². The SMILES string of the molecule is Cc1nsc(F)c1F. The molecule has 1 heterocycles. The van der Waals surface area contributed by atoms with Crippen LogP contribution in [0.15, 0.2) is 0 Å². The normalized spacial score (nSPS) is 9.88. The number of hydrogen-bond donors (Lipinski definition) is 0. The highest BCUT2D eigenvalue weighted by Gasteiger charge is 2.06. The molecule has 0 aliphatic rings. The number of halogens is 2. The summed E-state index contributed by atoms with van der Waals surface area (Å²) in [5.74, 6) is -0.824. The van der Waals surface area contributed by atoms with Gasteiger partial charge in [0.2, 0.25) is 5.13 Å². The lowest BCUT2D eigenvalue weighted by Gasteiger charge is -1.75. The van der Waals surface area contributed by atoms with Crippen LogP contribution in [0, 0.1) is 17.9 Å². The van der Waals surface area contributed by atoms with Crippen LogP contribution < -0.4 is 0 Å². The van der Waals surface area contributed by atoms with E-state index in [9.17, 15) is 8.78 Å². The number of aryl methyl sites for hydroxylation is 1. The molecule has 0 saturated heterocycles. The van der Waals surface area contributed by atoms with E-state index in [2.05, 4.69) is 4.37 Å². The summed E-state index contributed by atoms with van der Waals surface area (Å²) in [5.41, 5.74) is 0.132. The molecule has 1 aromatic heterocycles. The van der Waals surface area contributed by atoms with Crippen LogP contribution in [0.3, 0.4) is 0 Å². The van der Waals surface area contributed by atoms with Crippen LogP contribution in [-0.4, -0.2) is 4.37 Å². The maximum Gasteiger partial charge on any atom is 0.231 e. The molecule has 0 radical (unpaired) electrons. The number of aromatic nitrogens is 1. The minimum atomic E-state index is -0.831. The predicted octanol–water partition coefficient (Wildman–Crippen LogP) is 1.73. The summed E-state index contributed by atoms with van der Waals surface area (Å²) in [5, 5.41) is -0.831. The van der Waals surface area contributed by atoms with Crippen LogP contribution in [0.25, 0.3) is 0 Å². The number of rotatable bonds is 0. The highest BCUT2D eigenvalue weighted by molar-refractivity contribution is 7.04. The summed E-state index contributed by atoms with van der Waals surface area (Å²) < 4.78 is 27.4. The van der Waals surface area contributed by atoms with Gasteiger partial charge in [0.1, 0.15) is 0 Å². The van der Waals surface area contributed by atoms with Gasteiger partial charge in [-0.2, -0.15) is 8.76 Å². The second-order valence-corrected chi connectivity index (χ2v) is 2.08. The molecule has 1 aromatic rings. The Morgan fingerprint density at radius 1 is 1.50 bits per heavy atom. The molecule has 0 bridgehead atoms. The van der Waals surface area contributed by atoms with Crippen LogP contribution in [0.5, 0.6) is 0 Å². The van der Waals surface area contributed by atoms with Gasteiger partial charge in [-0.05, 0) is 18.5 Å². The molecule has 0 unspecified atom stereocenters. The summed E-state index contributed by atoms with van der Waals surface area (Å²) >= 11 is 0.539. The van der Waals surface area contributed by atoms with Crippen molar-refractivity contribution in [2.75, 3.05) is 0 Å². The molecular weight excluding hydrogens is 132 g/mol. The van der Waals surface area contributed by atoms with E-state index in [1.54, 1.807) is 0 Å². The molecule has 4 heteroatoms. The first-order valence-corrected chi connectivity index (χ1v) is 2.76. The number of nitrogens with zero attached hydrogens (tertiary/aromatic N) is 1. The molecule has 1 rings (SSSR count). The standard InChI is InChI=1S/C4H3F2NS/c1-2-3(5)4(6)8-7-2/h1H3. The molecular formula is C4H3F2NS. The lowest BCUT2D eigenvalue weighted by Crippen LogP contribution is -1.75. The maximum atomic E-state index is 12.1. The van der Waals surface area contributed by atoms with Gasteiger partial charge in [0.25, 0.3) is 0 Å². The molecule has 0 spiro atoms. The summed E-state index contributed by atoms with van der Waals surface area (Å²) in [6.45, 7) is 1.43. The molecule has 0 atom stereocenters. The summed E-state index contributed by atoms with van der Waals surface area (Å²) in [7, 11) is 0. The van der Waals surface area contributed by atoms with Gasteiger partial charge in [-0.15, -0.1) is 0 Å². The highest BCUT2D eigenvalue weighted by atomic mass is 32.1. The topological polar surface area (TPSA) is 12.9 Å². The van der Waals surface area contributed by atoms with Gasteiger partial charge in [-0.1, -0.05) is 0 Å². The molecule has 44 valence electrons. The monoisotopic (exact) mass is 135 g/mol.